The minimum absolute atomic E-state index is 0.0551. The highest BCUT2D eigenvalue weighted by Gasteiger charge is 2.18. The van der Waals surface area contributed by atoms with Crippen LogP contribution in [-0.2, 0) is 16.1 Å². The minimum Gasteiger partial charge on any atom is -0.378 e. The van der Waals surface area contributed by atoms with Crippen LogP contribution in [0, 0.1) is 0 Å². The third kappa shape index (κ3) is 3.70. The molecule has 21 heavy (non-hydrogen) atoms. The number of H-pyrrole nitrogens is 1. The quantitative estimate of drug-likeness (QED) is 0.885. The van der Waals surface area contributed by atoms with Gasteiger partial charge in [0, 0.05) is 19.3 Å². The number of hydrogen-bond donors (Lipinski definition) is 2. The standard InChI is InChI=1S/C16H19N3O2/c20-16(10-14-2-1-9-21-14)17-11-12-3-5-13(6-4-12)15-7-8-18-19-15/h3-8,14H,1-2,9-11H2,(H,17,20)(H,18,19)/t14-/m0/s1. The van der Waals surface area contributed by atoms with Crippen molar-refractivity contribution in [1.29, 1.82) is 0 Å². The molecule has 3 rings (SSSR count). The normalized spacial score (nSPS) is 17.8. The fraction of sp³-hybridized carbons (Fsp3) is 0.375. The highest BCUT2D eigenvalue weighted by atomic mass is 16.5. The van der Waals surface area contributed by atoms with Crippen LogP contribution in [0.5, 0.6) is 0 Å². The number of amides is 1. The first-order chi connectivity index (χ1) is 10.3. The van der Waals surface area contributed by atoms with E-state index in [2.05, 4.69) is 15.5 Å². The Hall–Kier alpha value is -2.14. The van der Waals surface area contributed by atoms with Gasteiger partial charge in [0.05, 0.1) is 18.2 Å². The summed E-state index contributed by atoms with van der Waals surface area (Å²) in [6.45, 7) is 1.34. The van der Waals surface area contributed by atoms with E-state index in [-0.39, 0.29) is 12.0 Å². The topological polar surface area (TPSA) is 67.0 Å². The predicted octanol–water partition coefficient (Wildman–Crippen LogP) is 2.26. The lowest BCUT2D eigenvalue weighted by Crippen LogP contribution is -2.26. The van der Waals surface area contributed by atoms with E-state index in [0.717, 1.165) is 36.3 Å². The van der Waals surface area contributed by atoms with Crippen molar-refractivity contribution < 1.29 is 9.53 Å². The van der Waals surface area contributed by atoms with Gasteiger partial charge in [0.15, 0.2) is 0 Å². The molecule has 0 aliphatic carbocycles. The molecule has 1 aliphatic rings. The number of rotatable bonds is 5. The Labute approximate surface area is 123 Å². The van der Waals surface area contributed by atoms with Crippen LogP contribution in [0.15, 0.2) is 36.5 Å². The van der Waals surface area contributed by atoms with Crippen molar-refractivity contribution in [3.63, 3.8) is 0 Å². The van der Waals surface area contributed by atoms with Crippen molar-refractivity contribution in [2.24, 2.45) is 0 Å². The van der Waals surface area contributed by atoms with E-state index in [0.29, 0.717) is 13.0 Å². The van der Waals surface area contributed by atoms with Crippen molar-refractivity contribution in [2.45, 2.75) is 31.9 Å². The van der Waals surface area contributed by atoms with Crippen molar-refractivity contribution >= 4 is 5.91 Å². The number of aromatic nitrogens is 2. The molecule has 5 nitrogen and oxygen atoms in total. The zero-order valence-electron chi connectivity index (χ0n) is 11.8. The number of carbonyl (C=O) groups is 1. The molecule has 110 valence electrons. The molecule has 0 radical (unpaired) electrons. The molecule has 1 fully saturated rings. The molecule has 5 heteroatoms. The lowest BCUT2D eigenvalue weighted by atomic mass is 10.1. The molecule has 1 aliphatic heterocycles. The van der Waals surface area contributed by atoms with Gasteiger partial charge in [0.2, 0.25) is 5.91 Å². The largest absolute Gasteiger partial charge is 0.378 e. The van der Waals surface area contributed by atoms with Crippen LogP contribution in [0.3, 0.4) is 0 Å². The number of ether oxygens (including phenoxy) is 1. The second kappa shape index (κ2) is 6.54. The fourth-order valence-corrected chi connectivity index (χ4v) is 2.50. The van der Waals surface area contributed by atoms with Gasteiger partial charge in [-0.1, -0.05) is 24.3 Å². The maximum atomic E-state index is 11.8. The Kier molecular flexibility index (Phi) is 4.31. The first kappa shape index (κ1) is 13.8. The average Bonchev–Trinajstić information content (AvgIpc) is 3.19. The monoisotopic (exact) mass is 285 g/mol. The summed E-state index contributed by atoms with van der Waals surface area (Å²) in [5.41, 5.74) is 3.16. The van der Waals surface area contributed by atoms with Gasteiger partial charge in [-0.15, -0.1) is 0 Å². The molecule has 2 aromatic rings. The Morgan fingerprint density at radius 2 is 2.19 bits per heavy atom. The summed E-state index contributed by atoms with van der Waals surface area (Å²) in [4.78, 5) is 11.8. The van der Waals surface area contributed by atoms with Crippen LogP contribution >= 0.6 is 0 Å². The summed E-state index contributed by atoms with van der Waals surface area (Å²) in [6, 6.07) is 10.0. The number of carbonyl (C=O) groups excluding carboxylic acids is 1. The summed E-state index contributed by atoms with van der Waals surface area (Å²) in [6.07, 6.45) is 4.35. The zero-order valence-corrected chi connectivity index (χ0v) is 11.8. The molecule has 1 atom stereocenters. The molecule has 0 spiro atoms. The molecular formula is C16H19N3O2. The Bertz CT molecular complexity index is 572. The summed E-state index contributed by atoms with van der Waals surface area (Å²) >= 11 is 0. The summed E-state index contributed by atoms with van der Waals surface area (Å²) < 4.78 is 5.46. The SMILES string of the molecule is O=C(C[C@@H]1CCCO1)NCc1ccc(-c2ccn[nH]2)cc1. The van der Waals surface area contributed by atoms with Gasteiger partial charge >= 0.3 is 0 Å². The molecule has 1 aromatic heterocycles. The smallest absolute Gasteiger partial charge is 0.222 e. The second-order valence-corrected chi connectivity index (χ2v) is 5.28. The molecular weight excluding hydrogens is 266 g/mol. The lowest BCUT2D eigenvalue weighted by Gasteiger charge is -2.10. The number of hydrogen-bond acceptors (Lipinski definition) is 3. The Morgan fingerprint density at radius 3 is 2.86 bits per heavy atom. The van der Waals surface area contributed by atoms with E-state index in [9.17, 15) is 4.79 Å². The minimum atomic E-state index is 0.0551. The Morgan fingerprint density at radius 1 is 1.33 bits per heavy atom. The van der Waals surface area contributed by atoms with E-state index in [1.54, 1.807) is 6.20 Å². The fourth-order valence-electron chi connectivity index (χ4n) is 2.50. The molecule has 1 aromatic carbocycles. The maximum Gasteiger partial charge on any atom is 0.222 e. The first-order valence-corrected chi connectivity index (χ1v) is 7.28. The van der Waals surface area contributed by atoms with Crippen LogP contribution < -0.4 is 5.32 Å². The van der Waals surface area contributed by atoms with Crippen LogP contribution in [0.4, 0.5) is 0 Å². The van der Waals surface area contributed by atoms with Crippen LogP contribution in [-0.4, -0.2) is 28.8 Å². The van der Waals surface area contributed by atoms with E-state index in [1.165, 1.54) is 0 Å². The first-order valence-electron chi connectivity index (χ1n) is 7.28. The molecule has 2 N–H and O–H groups in total. The van der Waals surface area contributed by atoms with Gasteiger partial charge in [-0.05, 0) is 30.0 Å². The van der Waals surface area contributed by atoms with Gasteiger partial charge in [-0.2, -0.15) is 5.10 Å². The van der Waals surface area contributed by atoms with E-state index in [4.69, 9.17) is 4.74 Å². The maximum absolute atomic E-state index is 11.8. The van der Waals surface area contributed by atoms with Crippen molar-refractivity contribution in [1.82, 2.24) is 15.5 Å². The molecule has 0 unspecified atom stereocenters. The predicted molar refractivity (Wildman–Crippen MR) is 79.5 cm³/mol. The van der Waals surface area contributed by atoms with Crippen molar-refractivity contribution in [3.05, 3.63) is 42.1 Å². The Balaban J connectivity index is 1.50. The highest BCUT2D eigenvalue weighted by Crippen LogP contribution is 2.17. The summed E-state index contributed by atoms with van der Waals surface area (Å²) in [5.74, 6) is 0.0551. The van der Waals surface area contributed by atoms with Gasteiger partial charge in [-0.3, -0.25) is 9.89 Å². The molecule has 0 bridgehead atoms. The van der Waals surface area contributed by atoms with Gasteiger partial charge < -0.3 is 10.1 Å². The summed E-state index contributed by atoms with van der Waals surface area (Å²) in [5, 5.41) is 9.81. The third-order valence-electron chi connectivity index (χ3n) is 3.69. The van der Waals surface area contributed by atoms with E-state index >= 15 is 0 Å². The van der Waals surface area contributed by atoms with Gasteiger partial charge in [-0.25, -0.2) is 0 Å². The van der Waals surface area contributed by atoms with Gasteiger partial charge in [0.25, 0.3) is 0 Å². The van der Waals surface area contributed by atoms with Crippen LogP contribution in [0.2, 0.25) is 0 Å². The number of benzene rings is 1. The van der Waals surface area contributed by atoms with Crippen molar-refractivity contribution in [3.8, 4) is 11.3 Å². The van der Waals surface area contributed by atoms with Crippen molar-refractivity contribution in [2.75, 3.05) is 6.61 Å². The average molecular weight is 285 g/mol. The zero-order chi connectivity index (χ0) is 14.5. The highest BCUT2D eigenvalue weighted by molar-refractivity contribution is 5.76. The van der Waals surface area contributed by atoms with E-state index in [1.807, 2.05) is 30.3 Å². The van der Waals surface area contributed by atoms with E-state index < -0.39 is 0 Å². The van der Waals surface area contributed by atoms with Crippen LogP contribution in [0.1, 0.15) is 24.8 Å². The lowest BCUT2D eigenvalue weighted by molar-refractivity contribution is -0.123. The number of nitrogens with zero attached hydrogens (tertiary/aromatic N) is 1. The molecule has 2 heterocycles. The second-order valence-electron chi connectivity index (χ2n) is 5.28. The molecule has 1 saturated heterocycles. The molecule has 0 saturated carbocycles. The summed E-state index contributed by atoms with van der Waals surface area (Å²) in [7, 11) is 0. The number of nitrogens with one attached hydrogen (secondary N) is 2. The van der Waals surface area contributed by atoms with Crippen LogP contribution in [0.25, 0.3) is 11.3 Å². The van der Waals surface area contributed by atoms with Gasteiger partial charge in [0.1, 0.15) is 0 Å². The number of aromatic amines is 1. The molecule has 1 amide bonds. The third-order valence-corrected chi connectivity index (χ3v) is 3.69.